The molecule has 0 radical (unpaired) electrons. The summed E-state index contributed by atoms with van der Waals surface area (Å²) >= 11 is 0. The lowest BCUT2D eigenvalue weighted by molar-refractivity contribution is 0.130. The van der Waals surface area contributed by atoms with Gasteiger partial charge in [-0.15, -0.1) is 0 Å². The fourth-order valence-corrected chi connectivity index (χ4v) is 3.97. The first-order chi connectivity index (χ1) is 12.9. The SMILES string of the molecule is c1cnc(OCc2ccc3c(c2)nc2n3CCN(C3CCC3)CC2)cn1. The highest BCUT2D eigenvalue weighted by molar-refractivity contribution is 5.77. The van der Waals surface area contributed by atoms with Gasteiger partial charge in [0.25, 0.3) is 0 Å². The fraction of sp³-hybridized carbons (Fsp3) is 0.450. The quantitative estimate of drug-likeness (QED) is 0.725. The van der Waals surface area contributed by atoms with Gasteiger partial charge in [-0.05, 0) is 30.5 Å². The minimum Gasteiger partial charge on any atom is -0.472 e. The molecule has 1 saturated carbocycles. The summed E-state index contributed by atoms with van der Waals surface area (Å²) in [5.41, 5.74) is 3.41. The van der Waals surface area contributed by atoms with Crippen LogP contribution < -0.4 is 4.74 Å². The van der Waals surface area contributed by atoms with Crippen LogP contribution in [0.1, 0.15) is 30.7 Å². The van der Waals surface area contributed by atoms with Crippen molar-refractivity contribution in [2.75, 3.05) is 13.1 Å². The molecular formula is C20H23N5O. The van der Waals surface area contributed by atoms with Crippen molar-refractivity contribution in [3.63, 3.8) is 0 Å². The molecule has 3 heterocycles. The van der Waals surface area contributed by atoms with Crippen LogP contribution in [0.5, 0.6) is 5.88 Å². The lowest BCUT2D eigenvalue weighted by Crippen LogP contribution is -2.41. The number of nitrogens with zero attached hydrogens (tertiary/aromatic N) is 5. The van der Waals surface area contributed by atoms with E-state index in [1.165, 1.54) is 30.6 Å². The predicted molar refractivity (Wildman–Crippen MR) is 99.0 cm³/mol. The van der Waals surface area contributed by atoms with Crippen molar-refractivity contribution in [1.82, 2.24) is 24.4 Å². The van der Waals surface area contributed by atoms with Crippen LogP contribution in [-0.4, -0.2) is 43.6 Å². The van der Waals surface area contributed by atoms with Gasteiger partial charge >= 0.3 is 0 Å². The van der Waals surface area contributed by atoms with Crippen LogP contribution in [0, 0.1) is 0 Å². The smallest absolute Gasteiger partial charge is 0.232 e. The minimum absolute atomic E-state index is 0.478. The molecule has 6 heteroatoms. The van der Waals surface area contributed by atoms with Crippen LogP contribution in [-0.2, 0) is 19.6 Å². The molecule has 0 amide bonds. The lowest BCUT2D eigenvalue weighted by atomic mass is 9.91. The maximum absolute atomic E-state index is 5.71. The molecule has 1 aromatic carbocycles. The Morgan fingerprint density at radius 2 is 2.08 bits per heavy atom. The third kappa shape index (κ3) is 2.94. The summed E-state index contributed by atoms with van der Waals surface area (Å²) in [5, 5.41) is 0. The Morgan fingerprint density at radius 3 is 2.88 bits per heavy atom. The monoisotopic (exact) mass is 349 g/mol. The third-order valence-corrected chi connectivity index (χ3v) is 5.64. The van der Waals surface area contributed by atoms with Crippen molar-refractivity contribution < 1.29 is 4.74 Å². The molecule has 0 N–H and O–H groups in total. The second kappa shape index (κ2) is 6.68. The Morgan fingerprint density at radius 1 is 1.12 bits per heavy atom. The number of hydrogen-bond donors (Lipinski definition) is 0. The second-order valence-electron chi connectivity index (χ2n) is 7.21. The van der Waals surface area contributed by atoms with Gasteiger partial charge in [-0.25, -0.2) is 9.97 Å². The molecule has 3 aromatic rings. The largest absolute Gasteiger partial charge is 0.472 e. The molecule has 0 atom stereocenters. The highest BCUT2D eigenvalue weighted by Crippen LogP contribution is 2.27. The molecule has 5 rings (SSSR count). The molecule has 134 valence electrons. The summed E-state index contributed by atoms with van der Waals surface area (Å²) in [6.07, 6.45) is 10.1. The van der Waals surface area contributed by atoms with Crippen molar-refractivity contribution in [3.8, 4) is 5.88 Å². The predicted octanol–water partition coefficient (Wildman–Crippen LogP) is 2.82. The van der Waals surface area contributed by atoms with E-state index in [2.05, 4.69) is 37.6 Å². The molecule has 6 nitrogen and oxygen atoms in total. The average molecular weight is 349 g/mol. The number of imidazole rings is 1. The number of fused-ring (bicyclic) bond motifs is 3. The Bertz CT molecular complexity index is 903. The van der Waals surface area contributed by atoms with Crippen LogP contribution >= 0.6 is 0 Å². The molecule has 0 saturated heterocycles. The summed E-state index contributed by atoms with van der Waals surface area (Å²) in [4.78, 5) is 15.7. The molecule has 1 fully saturated rings. The van der Waals surface area contributed by atoms with E-state index in [4.69, 9.17) is 9.72 Å². The van der Waals surface area contributed by atoms with Crippen molar-refractivity contribution in [3.05, 3.63) is 48.2 Å². The van der Waals surface area contributed by atoms with Gasteiger partial charge in [-0.2, -0.15) is 0 Å². The molecule has 1 aliphatic heterocycles. The van der Waals surface area contributed by atoms with E-state index in [1.807, 2.05) is 0 Å². The minimum atomic E-state index is 0.478. The van der Waals surface area contributed by atoms with E-state index in [0.29, 0.717) is 12.5 Å². The van der Waals surface area contributed by atoms with Gasteiger partial charge in [0.1, 0.15) is 12.4 Å². The van der Waals surface area contributed by atoms with Crippen LogP contribution in [0.15, 0.2) is 36.8 Å². The van der Waals surface area contributed by atoms with Crippen molar-refractivity contribution >= 4 is 11.0 Å². The molecule has 1 aliphatic carbocycles. The van der Waals surface area contributed by atoms with E-state index in [9.17, 15) is 0 Å². The van der Waals surface area contributed by atoms with Gasteiger partial charge in [-0.3, -0.25) is 9.88 Å². The standard InChI is InChI=1S/C20H23N5O/c1-2-16(3-1)24-9-6-19-23-17-12-15(4-5-18(17)25(19)11-10-24)14-26-20-13-21-7-8-22-20/h4-5,7-8,12-13,16H,1-3,6,9-11,14H2. The van der Waals surface area contributed by atoms with Gasteiger partial charge in [0.15, 0.2) is 0 Å². The second-order valence-corrected chi connectivity index (χ2v) is 7.21. The van der Waals surface area contributed by atoms with Crippen LogP contribution in [0.4, 0.5) is 0 Å². The fourth-order valence-electron chi connectivity index (χ4n) is 3.97. The Hall–Kier alpha value is -2.47. The van der Waals surface area contributed by atoms with Crippen LogP contribution in [0.3, 0.4) is 0 Å². The summed E-state index contributed by atoms with van der Waals surface area (Å²) in [5.74, 6) is 1.76. The van der Waals surface area contributed by atoms with Gasteiger partial charge in [0.2, 0.25) is 5.88 Å². The highest BCUT2D eigenvalue weighted by Gasteiger charge is 2.27. The first-order valence-corrected chi connectivity index (χ1v) is 9.48. The van der Waals surface area contributed by atoms with Gasteiger partial charge < -0.3 is 9.30 Å². The first-order valence-electron chi connectivity index (χ1n) is 9.48. The zero-order chi connectivity index (χ0) is 17.3. The van der Waals surface area contributed by atoms with Crippen molar-refractivity contribution in [1.29, 1.82) is 0 Å². The zero-order valence-electron chi connectivity index (χ0n) is 14.8. The van der Waals surface area contributed by atoms with E-state index in [1.54, 1.807) is 18.6 Å². The number of benzene rings is 1. The molecule has 0 unspecified atom stereocenters. The molecule has 0 spiro atoms. The first kappa shape index (κ1) is 15.8. The summed E-state index contributed by atoms with van der Waals surface area (Å²) in [7, 11) is 0. The molecular weight excluding hydrogens is 326 g/mol. The summed E-state index contributed by atoms with van der Waals surface area (Å²) in [6.45, 7) is 3.79. The van der Waals surface area contributed by atoms with Gasteiger partial charge in [-0.1, -0.05) is 12.5 Å². The van der Waals surface area contributed by atoms with E-state index in [0.717, 1.165) is 43.2 Å². The molecule has 2 aliphatic rings. The normalized spacial score (nSPS) is 18.3. The van der Waals surface area contributed by atoms with E-state index in [-0.39, 0.29) is 0 Å². The molecule has 2 aromatic heterocycles. The number of rotatable bonds is 4. The van der Waals surface area contributed by atoms with Crippen LogP contribution in [0.2, 0.25) is 0 Å². The van der Waals surface area contributed by atoms with E-state index >= 15 is 0 Å². The molecule has 0 bridgehead atoms. The Balaban J connectivity index is 1.33. The average Bonchev–Trinajstić information content (AvgIpc) is 2.86. The highest BCUT2D eigenvalue weighted by atomic mass is 16.5. The number of aromatic nitrogens is 4. The molecule has 26 heavy (non-hydrogen) atoms. The van der Waals surface area contributed by atoms with Crippen LogP contribution in [0.25, 0.3) is 11.0 Å². The number of hydrogen-bond acceptors (Lipinski definition) is 5. The lowest BCUT2D eigenvalue weighted by Gasteiger charge is -2.36. The topological polar surface area (TPSA) is 56.1 Å². The Labute approximate surface area is 152 Å². The Kier molecular flexibility index (Phi) is 4.05. The summed E-state index contributed by atoms with van der Waals surface area (Å²) in [6, 6.07) is 7.26. The zero-order valence-corrected chi connectivity index (χ0v) is 14.8. The van der Waals surface area contributed by atoms with Gasteiger partial charge in [0, 0.05) is 44.5 Å². The number of ether oxygens (including phenoxy) is 1. The maximum atomic E-state index is 5.71. The van der Waals surface area contributed by atoms with Crippen molar-refractivity contribution in [2.24, 2.45) is 0 Å². The van der Waals surface area contributed by atoms with Crippen molar-refractivity contribution in [2.45, 2.75) is 44.9 Å². The summed E-state index contributed by atoms with van der Waals surface area (Å²) < 4.78 is 8.11. The third-order valence-electron chi connectivity index (χ3n) is 5.64. The van der Waals surface area contributed by atoms with Gasteiger partial charge in [0.05, 0.1) is 17.2 Å². The maximum Gasteiger partial charge on any atom is 0.232 e. The van der Waals surface area contributed by atoms with E-state index < -0.39 is 0 Å².